The Labute approximate surface area is 169 Å². The third kappa shape index (κ3) is 3.98. The minimum absolute atomic E-state index is 0.00150. The fourth-order valence-corrected chi connectivity index (χ4v) is 4.09. The summed E-state index contributed by atoms with van der Waals surface area (Å²) in [6, 6.07) is 13.6. The minimum Gasteiger partial charge on any atom is -0.363 e. The van der Waals surface area contributed by atoms with Crippen LogP contribution in [0.15, 0.2) is 58.1 Å². The molecule has 5 heteroatoms. The van der Waals surface area contributed by atoms with Gasteiger partial charge >= 0.3 is 0 Å². The van der Waals surface area contributed by atoms with Gasteiger partial charge in [0.1, 0.15) is 0 Å². The van der Waals surface area contributed by atoms with Crippen LogP contribution in [-0.4, -0.2) is 24.2 Å². The molecule has 0 aromatic heterocycles. The second-order valence-electron chi connectivity index (χ2n) is 7.18. The second kappa shape index (κ2) is 7.69. The number of carbonyl (C=O) groups is 1. The Morgan fingerprint density at radius 2 is 2.00 bits per heavy atom. The van der Waals surface area contributed by atoms with E-state index in [1.54, 1.807) is 12.3 Å². The molecule has 1 N–H and O–H groups in total. The summed E-state index contributed by atoms with van der Waals surface area (Å²) >= 11 is 3.38. The number of rotatable bonds is 4. The van der Waals surface area contributed by atoms with Crippen LogP contribution in [0, 0.1) is 0 Å². The molecule has 0 saturated heterocycles. The van der Waals surface area contributed by atoms with Crippen molar-refractivity contribution < 1.29 is 4.79 Å². The van der Waals surface area contributed by atoms with Gasteiger partial charge in [-0.3, -0.25) is 4.79 Å². The summed E-state index contributed by atoms with van der Waals surface area (Å²) in [5, 5.41) is 4.12. The first-order valence-corrected chi connectivity index (χ1v) is 9.82. The van der Waals surface area contributed by atoms with Gasteiger partial charge in [-0.2, -0.15) is 5.10 Å². The van der Waals surface area contributed by atoms with Crippen molar-refractivity contribution in [1.82, 2.24) is 5.43 Å². The van der Waals surface area contributed by atoms with Crippen LogP contribution in [0.5, 0.6) is 0 Å². The normalized spacial score (nSPS) is 15.4. The van der Waals surface area contributed by atoms with Crippen molar-refractivity contribution in [2.45, 2.75) is 33.2 Å². The molecule has 1 aliphatic rings. The number of nitrogens with one attached hydrogen (secondary N) is 1. The smallest absolute Gasteiger partial charge is 0.272 e. The number of amides is 1. The number of anilines is 1. The molecule has 2 aromatic rings. The van der Waals surface area contributed by atoms with Crippen LogP contribution in [0.2, 0.25) is 0 Å². The lowest BCUT2D eigenvalue weighted by molar-refractivity contribution is 0.0954. The van der Waals surface area contributed by atoms with E-state index in [-0.39, 0.29) is 11.4 Å². The Hall–Kier alpha value is -2.40. The van der Waals surface area contributed by atoms with Gasteiger partial charge in [0.15, 0.2) is 0 Å². The van der Waals surface area contributed by atoms with Gasteiger partial charge in [0.2, 0.25) is 0 Å². The number of benzene rings is 2. The van der Waals surface area contributed by atoms with Gasteiger partial charge < -0.3 is 4.90 Å². The predicted octanol–water partition coefficient (Wildman–Crippen LogP) is 5.23. The van der Waals surface area contributed by atoms with Crippen molar-refractivity contribution in [3.05, 3.63) is 69.7 Å². The summed E-state index contributed by atoms with van der Waals surface area (Å²) in [5.74, 6) is -0.244. The first-order valence-electron chi connectivity index (χ1n) is 9.03. The summed E-state index contributed by atoms with van der Waals surface area (Å²) in [6.45, 7) is 9.72. The lowest BCUT2D eigenvalue weighted by Gasteiger charge is -2.42. The van der Waals surface area contributed by atoms with Gasteiger partial charge in [0.05, 0.1) is 17.3 Å². The first-order chi connectivity index (χ1) is 12.8. The Kier molecular flexibility index (Phi) is 5.51. The molecule has 27 heavy (non-hydrogen) atoms. The molecule has 0 fully saturated rings. The molecule has 1 heterocycles. The van der Waals surface area contributed by atoms with E-state index in [0.29, 0.717) is 5.56 Å². The summed E-state index contributed by atoms with van der Waals surface area (Å²) in [4.78, 5) is 14.6. The van der Waals surface area contributed by atoms with E-state index in [1.165, 1.54) is 16.8 Å². The maximum atomic E-state index is 12.2. The quantitative estimate of drug-likeness (QED) is 0.537. The molecule has 0 radical (unpaired) electrons. The Morgan fingerprint density at radius 3 is 2.70 bits per heavy atom. The van der Waals surface area contributed by atoms with E-state index in [1.807, 2.05) is 24.3 Å². The number of hydrogen-bond donors (Lipinski definition) is 1. The molecule has 1 amide bonds. The molecule has 0 atom stereocenters. The highest BCUT2D eigenvalue weighted by atomic mass is 79.9. The van der Waals surface area contributed by atoms with Crippen LogP contribution >= 0.6 is 15.9 Å². The number of likely N-dealkylation sites (N-methyl/N-ethyl adjacent to an activating group) is 1. The zero-order valence-corrected chi connectivity index (χ0v) is 17.7. The van der Waals surface area contributed by atoms with Crippen LogP contribution in [0.25, 0.3) is 5.57 Å². The monoisotopic (exact) mass is 425 g/mol. The van der Waals surface area contributed by atoms with Crippen molar-refractivity contribution in [3.63, 3.8) is 0 Å². The number of fused-ring (bicyclic) bond motifs is 1. The fourth-order valence-electron chi connectivity index (χ4n) is 3.63. The summed E-state index contributed by atoms with van der Waals surface area (Å²) in [7, 11) is 0. The Bertz CT molecular complexity index is 931. The number of allylic oxidation sites excluding steroid dienone is 1. The Balaban J connectivity index is 1.80. The molecular formula is C22H24BrN3O. The second-order valence-corrected chi connectivity index (χ2v) is 8.04. The number of hydrazone groups is 1. The third-order valence-electron chi connectivity index (χ3n) is 4.82. The maximum Gasteiger partial charge on any atom is 0.272 e. The first kappa shape index (κ1) is 19.4. The summed E-state index contributed by atoms with van der Waals surface area (Å²) in [6.07, 6.45) is 3.98. The van der Waals surface area contributed by atoms with Crippen molar-refractivity contribution >= 4 is 39.3 Å². The SMILES string of the molecule is CCN1c2ccc(/C=N\NC(=O)c3ccccc3Br)cc2C(C)=CC1(C)C. The maximum absolute atomic E-state index is 12.2. The topological polar surface area (TPSA) is 44.7 Å². The molecule has 0 spiro atoms. The fraction of sp³-hybridized carbons (Fsp3) is 0.273. The molecule has 0 aliphatic carbocycles. The van der Waals surface area contributed by atoms with Crippen molar-refractivity contribution in [1.29, 1.82) is 0 Å². The molecule has 1 aliphatic heterocycles. The van der Waals surface area contributed by atoms with E-state index < -0.39 is 0 Å². The number of halogens is 1. The molecule has 0 unspecified atom stereocenters. The van der Waals surface area contributed by atoms with E-state index in [4.69, 9.17) is 0 Å². The molecule has 4 nitrogen and oxygen atoms in total. The average molecular weight is 426 g/mol. The van der Waals surface area contributed by atoms with Crippen LogP contribution in [-0.2, 0) is 0 Å². The standard InChI is InChI=1S/C22H24BrN3O/c1-5-26-20-11-10-16(12-18(20)15(2)13-22(26,3)4)14-24-25-21(27)17-8-6-7-9-19(17)23/h6-14H,5H2,1-4H3,(H,25,27)/b24-14-. The Morgan fingerprint density at radius 1 is 1.26 bits per heavy atom. The van der Waals surface area contributed by atoms with Crippen LogP contribution < -0.4 is 10.3 Å². The molecule has 3 rings (SSSR count). The number of carbonyl (C=O) groups excluding carboxylic acids is 1. The zero-order valence-electron chi connectivity index (χ0n) is 16.1. The van der Waals surface area contributed by atoms with Crippen molar-refractivity contribution in [2.75, 3.05) is 11.4 Å². The van der Waals surface area contributed by atoms with Crippen LogP contribution in [0.3, 0.4) is 0 Å². The van der Waals surface area contributed by atoms with Gasteiger partial charge in [0.25, 0.3) is 5.91 Å². The van der Waals surface area contributed by atoms with Gasteiger partial charge in [-0.05, 0) is 79.0 Å². The molecule has 0 saturated carbocycles. The summed E-state index contributed by atoms with van der Waals surface area (Å²) < 4.78 is 0.745. The van der Waals surface area contributed by atoms with E-state index in [0.717, 1.165) is 16.6 Å². The molecule has 140 valence electrons. The van der Waals surface area contributed by atoms with Gasteiger partial charge in [-0.1, -0.05) is 24.3 Å². The molecule has 2 aromatic carbocycles. The van der Waals surface area contributed by atoms with E-state index in [9.17, 15) is 4.79 Å². The highest BCUT2D eigenvalue weighted by molar-refractivity contribution is 9.10. The van der Waals surface area contributed by atoms with E-state index >= 15 is 0 Å². The van der Waals surface area contributed by atoms with Crippen molar-refractivity contribution in [2.24, 2.45) is 5.10 Å². The number of nitrogens with zero attached hydrogens (tertiary/aromatic N) is 2. The van der Waals surface area contributed by atoms with Gasteiger partial charge in [-0.25, -0.2) is 5.43 Å². The molecule has 0 bridgehead atoms. The van der Waals surface area contributed by atoms with Crippen LogP contribution in [0.1, 0.15) is 49.2 Å². The van der Waals surface area contributed by atoms with E-state index in [2.05, 4.69) is 77.3 Å². The largest absolute Gasteiger partial charge is 0.363 e. The van der Waals surface area contributed by atoms with Gasteiger partial charge in [0, 0.05) is 22.3 Å². The lowest BCUT2D eigenvalue weighted by Crippen LogP contribution is -2.44. The highest BCUT2D eigenvalue weighted by Crippen LogP contribution is 2.38. The van der Waals surface area contributed by atoms with Gasteiger partial charge in [-0.15, -0.1) is 0 Å². The molecular weight excluding hydrogens is 402 g/mol. The average Bonchev–Trinajstić information content (AvgIpc) is 2.62. The number of hydrogen-bond acceptors (Lipinski definition) is 3. The van der Waals surface area contributed by atoms with Crippen LogP contribution in [0.4, 0.5) is 5.69 Å². The third-order valence-corrected chi connectivity index (χ3v) is 5.51. The highest BCUT2D eigenvalue weighted by Gasteiger charge is 2.29. The summed E-state index contributed by atoms with van der Waals surface area (Å²) in [5.41, 5.74) is 7.79. The minimum atomic E-state index is -0.244. The zero-order chi connectivity index (χ0) is 19.6. The predicted molar refractivity (Wildman–Crippen MR) is 116 cm³/mol. The van der Waals surface area contributed by atoms with Crippen molar-refractivity contribution in [3.8, 4) is 0 Å². The lowest BCUT2D eigenvalue weighted by atomic mass is 9.88.